The van der Waals surface area contributed by atoms with Gasteiger partial charge in [0.15, 0.2) is 0 Å². The molecular formula is C52H37N. The predicted molar refractivity (Wildman–Crippen MR) is 227 cm³/mol. The fourth-order valence-electron chi connectivity index (χ4n) is 8.39. The minimum absolute atomic E-state index is 1.16. The SMILES string of the molecule is Cc1ccccc1-c1ccc(-c2ccc(-c3ccc4c(c3)c3ccccc3n4-c3ccc(-c4cc5ccccc5c5ccccc45)cc3)cc2)cc1C. The van der Waals surface area contributed by atoms with Crippen LogP contribution < -0.4 is 0 Å². The third kappa shape index (κ3) is 5.24. The third-order valence-corrected chi connectivity index (χ3v) is 11.1. The van der Waals surface area contributed by atoms with Crippen LogP contribution in [-0.2, 0) is 0 Å². The molecule has 1 heterocycles. The first-order valence-corrected chi connectivity index (χ1v) is 18.4. The summed E-state index contributed by atoms with van der Waals surface area (Å²) >= 11 is 0. The summed E-state index contributed by atoms with van der Waals surface area (Å²) < 4.78 is 2.41. The van der Waals surface area contributed by atoms with E-state index in [-0.39, 0.29) is 0 Å². The standard InChI is InChI=1S/C52H37N/c1-34-11-3-5-13-43(34)44-29-25-39(31-35(44)2)36-19-21-37(22-20-36)40-26-30-52-50(32-40)48-17-9-10-18-51(48)53(52)42-27-23-38(24-28-42)49-33-41-12-4-6-14-45(41)46-15-7-8-16-47(46)49/h3-33H,1-2H3. The van der Waals surface area contributed by atoms with Crippen molar-refractivity contribution in [3.05, 3.63) is 199 Å². The molecule has 0 aliphatic heterocycles. The molecule has 0 amide bonds. The maximum absolute atomic E-state index is 2.41. The molecule has 9 aromatic carbocycles. The van der Waals surface area contributed by atoms with Gasteiger partial charge in [0.1, 0.15) is 0 Å². The number of hydrogen-bond donors (Lipinski definition) is 0. The van der Waals surface area contributed by atoms with Gasteiger partial charge in [-0.05, 0) is 127 Å². The lowest BCUT2D eigenvalue weighted by molar-refractivity contribution is 1.18. The Balaban J connectivity index is 1.00. The van der Waals surface area contributed by atoms with Crippen LogP contribution in [0.5, 0.6) is 0 Å². The zero-order valence-corrected chi connectivity index (χ0v) is 29.8. The molecule has 10 aromatic rings. The van der Waals surface area contributed by atoms with E-state index < -0.39 is 0 Å². The van der Waals surface area contributed by atoms with Gasteiger partial charge in [-0.1, -0.05) is 152 Å². The van der Waals surface area contributed by atoms with Gasteiger partial charge in [-0.3, -0.25) is 0 Å². The van der Waals surface area contributed by atoms with E-state index in [0.29, 0.717) is 0 Å². The van der Waals surface area contributed by atoms with E-state index in [0.717, 1.165) is 5.69 Å². The topological polar surface area (TPSA) is 4.93 Å². The minimum Gasteiger partial charge on any atom is -0.309 e. The first kappa shape index (κ1) is 31.1. The highest BCUT2D eigenvalue weighted by molar-refractivity contribution is 6.14. The fourth-order valence-corrected chi connectivity index (χ4v) is 8.39. The second-order valence-corrected chi connectivity index (χ2v) is 14.2. The second-order valence-electron chi connectivity index (χ2n) is 14.2. The van der Waals surface area contributed by atoms with Crippen molar-refractivity contribution in [1.82, 2.24) is 4.57 Å². The number of aromatic nitrogens is 1. The number of hydrogen-bond acceptors (Lipinski definition) is 0. The molecule has 0 atom stereocenters. The molecule has 10 rings (SSSR count). The number of aryl methyl sites for hydroxylation is 2. The lowest BCUT2D eigenvalue weighted by Crippen LogP contribution is -1.94. The first-order valence-electron chi connectivity index (χ1n) is 18.4. The molecule has 1 nitrogen and oxygen atoms in total. The summed E-state index contributed by atoms with van der Waals surface area (Å²) in [6.45, 7) is 4.40. The van der Waals surface area contributed by atoms with Crippen molar-refractivity contribution >= 4 is 43.4 Å². The first-order chi connectivity index (χ1) is 26.1. The van der Waals surface area contributed by atoms with Crippen molar-refractivity contribution in [2.45, 2.75) is 13.8 Å². The molecule has 0 fully saturated rings. The van der Waals surface area contributed by atoms with Crippen molar-refractivity contribution in [3.63, 3.8) is 0 Å². The van der Waals surface area contributed by atoms with Gasteiger partial charge in [-0.15, -0.1) is 0 Å². The Morgan fingerprint density at radius 1 is 0.302 bits per heavy atom. The van der Waals surface area contributed by atoms with E-state index in [2.05, 4.69) is 206 Å². The van der Waals surface area contributed by atoms with Gasteiger partial charge in [0.05, 0.1) is 11.0 Å². The molecule has 0 radical (unpaired) electrons. The summed E-state index contributed by atoms with van der Waals surface area (Å²) in [5.41, 5.74) is 16.2. The monoisotopic (exact) mass is 675 g/mol. The van der Waals surface area contributed by atoms with Gasteiger partial charge >= 0.3 is 0 Å². The van der Waals surface area contributed by atoms with E-state index in [1.54, 1.807) is 0 Å². The van der Waals surface area contributed by atoms with Crippen LogP contribution in [0.2, 0.25) is 0 Å². The Morgan fingerprint density at radius 2 is 0.849 bits per heavy atom. The molecule has 0 saturated carbocycles. The zero-order chi connectivity index (χ0) is 35.5. The number of benzene rings is 9. The van der Waals surface area contributed by atoms with E-state index in [1.165, 1.54) is 99.0 Å². The summed E-state index contributed by atoms with van der Waals surface area (Å²) in [7, 11) is 0. The average Bonchev–Trinajstić information content (AvgIpc) is 3.55. The van der Waals surface area contributed by atoms with E-state index in [1.807, 2.05) is 0 Å². The van der Waals surface area contributed by atoms with Crippen LogP contribution >= 0.6 is 0 Å². The van der Waals surface area contributed by atoms with Crippen LogP contribution in [0.3, 0.4) is 0 Å². The second kappa shape index (κ2) is 12.5. The Kier molecular flexibility index (Phi) is 7.33. The maximum Gasteiger partial charge on any atom is 0.0541 e. The Bertz CT molecular complexity index is 3000. The van der Waals surface area contributed by atoms with E-state index >= 15 is 0 Å². The highest BCUT2D eigenvalue weighted by atomic mass is 15.0. The van der Waals surface area contributed by atoms with Crippen LogP contribution in [0.4, 0.5) is 0 Å². The Hall–Kier alpha value is -6.70. The lowest BCUT2D eigenvalue weighted by Gasteiger charge is -2.13. The van der Waals surface area contributed by atoms with E-state index in [9.17, 15) is 0 Å². The van der Waals surface area contributed by atoms with Gasteiger partial charge in [0, 0.05) is 16.5 Å². The molecule has 0 saturated heterocycles. The fraction of sp³-hybridized carbons (Fsp3) is 0.0385. The molecule has 0 N–H and O–H groups in total. The van der Waals surface area contributed by atoms with Gasteiger partial charge in [-0.2, -0.15) is 0 Å². The van der Waals surface area contributed by atoms with Crippen LogP contribution in [0, 0.1) is 13.8 Å². The highest BCUT2D eigenvalue weighted by Crippen LogP contribution is 2.38. The molecule has 0 spiro atoms. The number of para-hydroxylation sites is 1. The molecule has 1 aromatic heterocycles. The Morgan fingerprint density at radius 3 is 1.60 bits per heavy atom. The highest BCUT2D eigenvalue weighted by Gasteiger charge is 2.15. The lowest BCUT2D eigenvalue weighted by atomic mass is 9.93. The molecule has 1 heteroatoms. The summed E-state index contributed by atoms with van der Waals surface area (Å²) in [5, 5.41) is 7.65. The third-order valence-electron chi connectivity index (χ3n) is 11.1. The van der Waals surface area contributed by atoms with Gasteiger partial charge in [0.25, 0.3) is 0 Å². The molecular weight excluding hydrogens is 639 g/mol. The molecule has 0 aliphatic rings. The summed E-state index contributed by atoms with van der Waals surface area (Å²) in [5.74, 6) is 0. The van der Waals surface area contributed by atoms with Crippen LogP contribution in [0.25, 0.3) is 93.5 Å². The molecule has 250 valence electrons. The smallest absolute Gasteiger partial charge is 0.0541 e. The summed E-state index contributed by atoms with van der Waals surface area (Å²) in [6, 6.07) is 69.1. The molecule has 0 aliphatic carbocycles. The number of fused-ring (bicyclic) bond motifs is 6. The quantitative estimate of drug-likeness (QED) is 0.160. The van der Waals surface area contributed by atoms with E-state index in [4.69, 9.17) is 0 Å². The average molecular weight is 676 g/mol. The Labute approximate surface area is 310 Å². The summed E-state index contributed by atoms with van der Waals surface area (Å²) in [4.78, 5) is 0. The number of rotatable bonds is 5. The zero-order valence-electron chi connectivity index (χ0n) is 29.8. The van der Waals surface area contributed by atoms with Crippen molar-refractivity contribution in [1.29, 1.82) is 0 Å². The van der Waals surface area contributed by atoms with Gasteiger partial charge in [-0.25, -0.2) is 0 Å². The number of nitrogens with zero attached hydrogens (tertiary/aromatic N) is 1. The van der Waals surface area contributed by atoms with Crippen molar-refractivity contribution in [2.24, 2.45) is 0 Å². The maximum atomic E-state index is 2.41. The molecule has 0 unspecified atom stereocenters. The van der Waals surface area contributed by atoms with Gasteiger partial charge < -0.3 is 4.57 Å². The molecule has 53 heavy (non-hydrogen) atoms. The van der Waals surface area contributed by atoms with Crippen molar-refractivity contribution in [2.75, 3.05) is 0 Å². The normalized spacial score (nSPS) is 11.6. The minimum atomic E-state index is 1.16. The van der Waals surface area contributed by atoms with Crippen LogP contribution in [-0.4, -0.2) is 4.57 Å². The predicted octanol–water partition coefficient (Wildman–Crippen LogP) is 14.4. The summed E-state index contributed by atoms with van der Waals surface area (Å²) in [6.07, 6.45) is 0. The van der Waals surface area contributed by atoms with Crippen LogP contribution in [0.1, 0.15) is 11.1 Å². The molecule has 0 bridgehead atoms. The van der Waals surface area contributed by atoms with Crippen molar-refractivity contribution in [3.8, 4) is 50.2 Å². The van der Waals surface area contributed by atoms with Gasteiger partial charge in [0.2, 0.25) is 0 Å². The van der Waals surface area contributed by atoms with Crippen molar-refractivity contribution < 1.29 is 0 Å². The van der Waals surface area contributed by atoms with Crippen LogP contribution in [0.15, 0.2) is 188 Å². The largest absolute Gasteiger partial charge is 0.309 e.